The van der Waals surface area contributed by atoms with Gasteiger partial charge in [-0.25, -0.2) is 4.39 Å². The minimum Gasteiger partial charge on any atom is -0.350 e. The molecule has 1 amide bonds. The lowest BCUT2D eigenvalue weighted by Crippen LogP contribution is -2.55. The second-order valence-electron chi connectivity index (χ2n) is 6.51. The first-order valence-corrected chi connectivity index (χ1v) is 7.64. The highest BCUT2D eigenvalue weighted by Crippen LogP contribution is 2.35. The van der Waals surface area contributed by atoms with Crippen molar-refractivity contribution in [3.05, 3.63) is 35.6 Å². The molecule has 1 aliphatic rings. The topological polar surface area (TPSA) is 32.3 Å². The summed E-state index contributed by atoms with van der Waals surface area (Å²) in [6.45, 7) is 2.92. The molecular formula is C17H25FN2O. The maximum atomic E-state index is 12.9. The molecule has 4 heteroatoms. The minimum absolute atomic E-state index is 0.0351. The van der Waals surface area contributed by atoms with Gasteiger partial charge in [0.2, 0.25) is 0 Å². The SMILES string of the molecule is CC1CCCC(CNC(=O)c2ccc(F)cc2)(N(C)C)C1. The molecule has 0 spiro atoms. The van der Waals surface area contributed by atoms with Crippen molar-refractivity contribution in [2.75, 3.05) is 20.6 Å². The number of halogens is 1. The van der Waals surface area contributed by atoms with Gasteiger partial charge in [-0.2, -0.15) is 0 Å². The Labute approximate surface area is 126 Å². The zero-order chi connectivity index (χ0) is 15.5. The number of hydrogen-bond donors (Lipinski definition) is 1. The van der Waals surface area contributed by atoms with Crippen LogP contribution in [0, 0.1) is 11.7 Å². The summed E-state index contributed by atoms with van der Waals surface area (Å²) in [6.07, 6.45) is 4.67. The molecule has 1 aromatic carbocycles. The van der Waals surface area contributed by atoms with E-state index in [9.17, 15) is 9.18 Å². The Balaban J connectivity index is 2.02. The Morgan fingerprint density at radius 1 is 1.38 bits per heavy atom. The number of carbonyl (C=O) groups excluding carboxylic acids is 1. The van der Waals surface area contributed by atoms with Crippen LogP contribution in [0.5, 0.6) is 0 Å². The van der Waals surface area contributed by atoms with Gasteiger partial charge < -0.3 is 10.2 Å². The van der Waals surface area contributed by atoms with Gasteiger partial charge in [0.05, 0.1) is 0 Å². The number of nitrogens with one attached hydrogen (secondary N) is 1. The number of hydrogen-bond acceptors (Lipinski definition) is 2. The fourth-order valence-corrected chi connectivity index (χ4v) is 3.31. The standard InChI is InChI=1S/C17H25FN2O/c1-13-5-4-10-17(11-13,20(2)3)12-19-16(21)14-6-8-15(18)9-7-14/h6-9,13H,4-5,10-12H2,1-3H3,(H,19,21). The third kappa shape index (κ3) is 3.82. The van der Waals surface area contributed by atoms with Gasteiger partial charge in [0.25, 0.3) is 5.91 Å². The molecular weight excluding hydrogens is 267 g/mol. The summed E-state index contributed by atoms with van der Waals surface area (Å²) in [7, 11) is 4.17. The molecule has 1 aromatic rings. The average molecular weight is 292 g/mol. The molecule has 0 aliphatic heterocycles. The summed E-state index contributed by atoms with van der Waals surface area (Å²) in [5, 5.41) is 3.03. The molecule has 1 saturated carbocycles. The summed E-state index contributed by atoms with van der Waals surface area (Å²) in [4.78, 5) is 14.4. The van der Waals surface area contributed by atoms with Gasteiger partial charge in [0.15, 0.2) is 0 Å². The van der Waals surface area contributed by atoms with Crippen LogP contribution in [-0.4, -0.2) is 37.0 Å². The van der Waals surface area contributed by atoms with Crippen LogP contribution in [0.3, 0.4) is 0 Å². The number of rotatable bonds is 4. The molecule has 0 radical (unpaired) electrons. The number of nitrogens with zero attached hydrogens (tertiary/aromatic N) is 1. The normalized spacial score (nSPS) is 25.9. The first kappa shape index (κ1) is 16.0. The second-order valence-corrected chi connectivity index (χ2v) is 6.51. The highest BCUT2D eigenvalue weighted by molar-refractivity contribution is 5.94. The van der Waals surface area contributed by atoms with Crippen LogP contribution in [0.15, 0.2) is 24.3 Å². The van der Waals surface area contributed by atoms with E-state index in [0.717, 1.165) is 12.8 Å². The van der Waals surface area contributed by atoms with Crippen LogP contribution in [0.2, 0.25) is 0 Å². The van der Waals surface area contributed by atoms with Gasteiger partial charge >= 0.3 is 0 Å². The fraction of sp³-hybridized carbons (Fsp3) is 0.588. The molecule has 0 heterocycles. The summed E-state index contributed by atoms with van der Waals surface area (Å²) in [6, 6.07) is 5.69. The van der Waals surface area contributed by atoms with Crippen molar-refractivity contribution < 1.29 is 9.18 Å². The van der Waals surface area contributed by atoms with Crippen LogP contribution >= 0.6 is 0 Å². The Bertz CT molecular complexity index is 486. The molecule has 2 rings (SSSR count). The molecule has 0 aromatic heterocycles. The van der Waals surface area contributed by atoms with E-state index in [4.69, 9.17) is 0 Å². The van der Waals surface area contributed by atoms with E-state index in [1.807, 2.05) is 0 Å². The molecule has 0 bridgehead atoms. The largest absolute Gasteiger partial charge is 0.350 e. The third-order valence-electron chi connectivity index (χ3n) is 4.70. The van der Waals surface area contributed by atoms with E-state index in [2.05, 4.69) is 31.2 Å². The highest BCUT2D eigenvalue weighted by atomic mass is 19.1. The lowest BCUT2D eigenvalue weighted by molar-refractivity contribution is 0.0675. The Morgan fingerprint density at radius 2 is 2.05 bits per heavy atom. The van der Waals surface area contributed by atoms with Crippen LogP contribution in [-0.2, 0) is 0 Å². The van der Waals surface area contributed by atoms with Crippen LogP contribution in [0.25, 0.3) is 0 Å². The van der Waals surface area contributed by atoms with E-state index in [0.29, 0.717) is 18.0 Å². The minimum atomic E-state index is -0.322. The molecule has 2 atom stereocenters. The van der Waals surface area contributed by atoms with Crippen molar-refractivity contribution in [3.63, 3.8) is 0 Å². The quantitative estimate of drug-likeness (QED) is 0.925. The Hall–Kier alpha value is -1.42. The van der Waals surface area contributed by atoms with Crippen molar-refractivity contribution in [2.24, 2.45) is 5.92 Å². The first-order chi connectivity index (χ1) is 9.93. The van der Waals surface area contributed by atoms with Crippen molar-refractivity contribution in [2.45, 2.75) is 38.1 Å². The van der Waals surface area contributed by atoms with E-state index in [1.165, 1.54) is 37.1 Å². The van der Waals surface area contributed by atoms with Gasteiger partial charge in [-0.05, 0) is 57.1 Å². The van der Waals surface area contributed by atoms with Crippen LogP contribution in [0.1, 0.15) is 43.0 Å². The molecule has 2 unspecified atom stereocenters. The zero-order valence-electron chi connectivity index (χ0n) is 13.2. The number of amides is 1. The Morgan fingerprint density at radius 3 is 2.62 bits per heavy atom. The van der Waals surface area contributed by atoms with Crippen LogP contribution in [0.4, 0.5) is 4.39 Å². The Kier molecular flexibility index (Phi) is 4.99. The molecule has 3 nitrogen and oxygen atoms in total. The smallest absolute Gasteiger partial charge is 0.251 e. The van der Waals surface area contributed by atoms with E-state index in [-0.39, 0.29) is 17.3 Å². The van der Waals surface area contributed by atoms with Crippen molar-refractivity contribution in [1.82, 2.24) is 10.2 Å². The van der Waals surface area contributed by atoms with Crippen LogP contribution < -0.4 is 5.32 Å². The maximum Gasteiger partial charge on any atom is 0.251 e. The average Bonchev–Trinajstić information content (AvgIpc) is 2.45. The number of carbonyl (C=O) groups is 1. The third-order valence-corrected chi connectivity index (χ3v) is 4.70. The predicted molar refractivity (Wildman–Crippen MR) is 82.8 cm³/mol. The van der Waals surface area contributed by atoms with E-state index >= 15 is 0 Å². The van der Waals surface area contributed by atoms with Gasteiger partial charge in [-0.3, -0.25) is 4.79 Å². The molecule has 21 heavy (non-hydrogen) atoms. The molecule has 1 fully saturated rings. The summed E-state index contributed by atoms with van der Waals surface area (Å²) < 4.78 is 12.9. The molecule has 0 saturated heterocycles. The summed E-state index contributed by atoms with van der Waals surface area (Å²) in [5.41, 5.74) is 0.544. The fourth-order valence-electron chi connectivity index (χ4n) is 3.31. The zero-order valence-corrected chi connectivity index (χ0v) is 13.2. The monoisotopic (exact) mass is 292 g/mol. The number of benzene rings is 1. The predicted octanol–water partition coefficient (Wildman–Crippen LogP) is 3.07. The van der Waals surface area contributed by atoms with E-state index in [1.54, 1.807) is 0 Å². The van der Waals surface area contributed by atoms with Crippen molar-refractivity contribution >= 4 is 5.91 Å². The van der Waals surface area contributed by atoms with Gasteiger partial charge in [-0.15, -0.1) is 0 Å². The summed E-state index contributed by atoms with van der Waals surface area (Å²) in [5.74, 6) is 0.232. The van der Waals surface area contributed by atoms with Gasteiger partial charge in [0.1, 0.15) is 5.82 Å². The maximum absolute atomic E-state index is 12.9. The van der Waals surface area contributed by atoms with Gasteiger partial charge in [0, 0.05) is 17.6 Å². The second kappa shape index (κ2) is 6.56. The molecule has 1 N–H and O–H groups in total. The summed E-state index contributed by atoms with van der Waals surface area (Å²) >= 11 is 0. The lowest BCUT2D eigenvalue weighted by Gasteiger charge is -2.45. The van der Waals surface area contributed by atoms with Crippen molar-refractivity contribution in [3.8, 4) is 0 Å². The lowest BCUT2D eigenvalue weighted by atomic mass is 9.75. The van der Waals surface area contributed by atoms with Gasteiger partial charge in [-0.1, -0.05) is 19.8 Å². The molecule has 116 valence electrons. The van der Waals surface area contributed by atoms with E-state index < -0.39 is 0 Å². The number of likely N-dealkylation sites (N-methyl/N-ethyl adjacent to an activating group) is 1. The first-order valence-electron chi connectivity index (χ1n) is 7.64. The highest BCUT2D eigenvalue weighted by Gasteiger charge is 2.37. The van der Waals surface area contributed by atoms with Crippen molar-refractivity contribution in [1.29, 1.82) is 0 Å². The molecule has 1 aliphatic carbocycles.